The summed E-state index contributed by atoms with van der Waals surface area (Å²) in [5, 5.41) is 3.53. The van der Waals surface area contributed by atoms with Gasteiger partial charge in [-0.3, -0.25) is 4.90 Å². The van der Waals surface area contributed by atoms with Gasteiger partial charge < -0.3 is 5.32 Å². The maximum atomic E-state index is 3.53. The highest BCUT2D eigenvalue weighted by Crippen LogP contribution is 2.18. The van der Waals surface area contributed by atoms with E-state index >= 15 is 0 Å². The number of hydrogen-bond donors (Lipinski definition) is 1. The Balaban J connectivity index is 2.58. The lowest BCUT2D eigenvalue weighted by atomic mass is 9.98. The predicted octanol–water partition coefficient (Wildman–Crippen LogP) is 2.02. The number of rotatable bonds is 2. The molecule has 0 aromatic carbocycles. The molecule has 0 aliphatic carbocycles. The van der Waals surface area contributed by atoms with Gasteiger partial charge in [-0.05, 0) is 34.6 Å². The third kappa shape index (κ3) is 3.10. The Hall–Kier alpha value is -0.340. The monoisotopic (exact) mass is 196 g/mol. The van der Waals surface area contributed by atoms with E-state index in [2.05, 4.69) is 50.9 Å². The van der Waals surface area contributed by atoms with Gasteiger partial charge in [0.05, 0.1) is 0 Å². The molecule has 0 aromatic rings. The molecular weight excluding hydrogens is 172 g/mol. The number of piperazine rings is 1. The first-order valence-corrected chi connectivity index (χ1v) is 5.53. The van der Waals surface area contributed by atoms with Crippen molar-refractivity contribution < 1.29 is 0 Å². The molecule has 1 heterocycles. The van der Waals surface area contributed by atoms with Crippen LogP contribution in [-0.2, 0) is 0 Å². The summed E-state index contributed by atoms with van der Waals surface area (Å²) in [4.78, 5) is 2.56. The average molecular weight is 196 g/mol. The van der Waals surface area contributed by atoms with Crippen LogP contribution in [0.25, 0.3) is 0 Å². The SMILES string of the molecule is CC(C)=CCN1CC(C)NCC1(C)C. The minimum atomic E-state index is 0.290. The van der Waals surface area contributed by atoms with Crippen molar-refractivity contribution in [3.05, 3.63) is 11.6 Å². The maximum Gasteiger partial charge on any atom is 0.0281 e. The van der Waals surface area contributed by atoms with Gasteiger partial charge in [-0.15, -0.1) is 0 Å². The summed E-state index contributed by atoms with van der Waals surface area (Å²) in [6.45, 7) is 14.5. The van der Waals surface area contributed by atoms with E-state index in [-0.39, 0.29) is 0 Å². The molecule has 1 saturated heterocycles. The molecule has 0 aromatic heterocycles. The molecule has 1 aliphatic rings. The van der Waals surface area contributed by atoms with Crippen molar-refractivity contribution in [1.29, 1.82) is 0 Å². The molecule has 0 saturated carbocycles. The van der Waals surface area contributed by atoms with Crippen LogP contribution >= 0.6 is 0 Å². The standard InChI is InChI=1S/C12H24N2/c1-10(2)6-7-14-8-11(3)13-9-12(14,4)5/h6,11,13H,7-9H2,1-5H3. The molecule has 0 radical (unpaired) electrons. The van der Waals surface area contributed by atoms with E-state index in [1.807, 2.05) is 0 Å². The molecule has 1 N–H and O–H groups in total. The molecule has 14 heavy (non-hydrogen) atoms. The van der Waals surface area contributed by atoms with Crippen molar-refractivity contribution in [2.75, 3.05) is 19.6 Å². The van der Waals surface area contributed by atoms with E-state index in [1.54, 1.807) is 0 Å². The Morgan fingerprint density at radius 3 is 2.71 bits per heavy atom. The lowest BCUT2D eigenvalue weighted by Crippen LogP contribution is -2.61. The zero-order valence-electron chi connectivity index (χ0n) is 10.2. The van der Waals surface area contributed by atoms with Crippen molar-refractivity contribution in [3.63, 3.8) is 0 Å². The number of hydrogen-bond acceptors (Lipinski definition) is 2. The highest BCUT2D eigenvalue weighted by atomic mass is 15.3. The summed E-state index contributed by atoms with van der Waals surface area (Å²) in [5.41, 5.74) is 1.70. The van der Waals surface area contributed by atoms with Gasteiger partial charge in [0.1, 0.15) is 0 Å². The third-order valence-electron chi connectivity index (χ3n) is 2.95. The van der Waals surface area contributed by atoms with Gasteiger partial charge in [0.15, 0.2) is 0 Å². The van der Waals surface area contributed by atoms with Crippen LogP contribution in [0.5, 0.6) is 0 Å². The molecule has 1 fully saturated rings. The molecule has 0 spiro atoms. The number of nitrogens with one attached hydrogen (secondary N) is 1. The lowest BCUT2D eigenvalue weighted by molar-refractivity contribution is 0.0828. The Morgan fingerprint density at radius 2 is 2.14 bits per heavy atom. The molecule has 82 valence electrons. The summed E-state index contributed by atoms with van der Waals surface area (Å²) in [6, 6.07) is 0.619. The third-order valence-corrected chi connectivity index (χ3v) is 2.95. The Morgan fingerprint density at radius 1 is 1.50 bits per heavy atom. The van der Waals surface area contributed by atoms with E-state index in [4.69, 9.17) is 0 Å². The smallest absolute Gasteiger partial charge is 0.0281 e. The van der Waals surface area contributed by atoms with Crippen LogP contribution in [0.15, 0.2) is 11.6 Å². The van der Waals surface area contributed by atoms with E-state index in [1.165, 1.54) is 5.57 Å². The first-order valence-electron chi connectivity index (χ1n) is 5.53. The minimum absolute atomic E-state index is 0.290. The summed E-state index contributed by atoms with van der Waals surface area (Å²) in [7, 11) is 0. The molecule has 1 unspecified atom stereocenters. The van der Waals surface area contributed by atoms with Crippen LogP contribution in [0.2, 0.25) is 0 Å². The van der Waals surface area contributed by atoms with Gasteiger partial charge in [0.2, 0.25) is 0 Å². The lowest BCUT2D eigenvalue weighted by Gasteiger charge is -2.45. The van der Waals surface area contributed by atoms with Crippen molar-refractivity contribution in [2.24, 2.45) is 0 Å². The Kier molecular flexibility index (Phi) is 3.73. The minimum Gasteiger partial charge on any atom is -0.311 e. The van der Waals surface area contributed by atoms with Gasteiger partial charge in [0.25, 0.3) is 0 Å². The van der Waals surface area contributed by atoms with Crippen molar-refractivity contribution >= 4 is 0 Å². The van der Waals surface area contributed by atoms with Gasteiger partial charge in [-0.2, -0.15) is 0 Å². The zero-order valence-corrected chi connectivity index (χ0v) is 10.2. The molecular formula is C12H24N2. The normalized spacial score (nSPS) is 27.4. The molecule has 1 atom stereocenters. The van der Waals surface area contributed by atoms with Gasteiger partial charge in [0, 0.05) is 31.2 Å². The van der Waals surface area contributed by atoms with Crippen LogP contribution in [0.3, 0.4) is 0 Å². The van der Waals surface area contributed by atoms with Crippen LogP contribution in [0.4, 0.5) is 0 Å². The van der Waals surface area contributed by atoms with E-state index < -0.39 is 0 Å². The van der Waals surface area contributed by atoms with Crippen molar-refractivity contribution in [3.8, 4) is 0 Å². The predicted molar refractivity (Wildman–Crippen MR) is 62.5 cm³/mol. The molecule has 2 nitrogen and oxygen atoms in total. The molecule has 1 rings (SSSR count). The largest absolute Gasteiger partial charge is 0.311 e. The fourth-order valence-electron chi connectivity index (χ4n) is 1.79. The molecule has 2 heteroatoms. The second kappa shape index (κ2) is 4.45. The molecule has 1 aliphatic heterocycles. The fourth-order valence-corrected chi connectivity index (χ4v) is 1.79. The van der Waals surface area contributed by atoms with Crippen LogP contribution in [0, 0.1) is 0 Å². The summed E-state index contributed by atoms with van der Waals surface area (Å²) in [5.74, 6) is 0. The Bertz CT molecular complexity index is 214. The van der Waals surface area contributed by atoms with Crippen LogP contribution in [0.1, 0.15) is 34.6 Å². The quantitative estimate of drug-likeness (QED) is 0.680. The van der Waals surface area contributed by atoms with Crippen LogP contribution in [-0.4, -0.2) is 36.1 Å². The second-order valence-electron chi connectivity index (χ2n) is 5.28. The fraction of sp³-hybridized carbons (Fsp3) is 0.833. The summed E-state index contributed by atoms with van der Waals surface area (Å²) in [6.07, 6.45) is 2.32. The summed E-state index contributed by atoms with van der Waals surface area (Å²) >= 11 is 0. The van der Waals surface area contributed by atoms with Gasteiger partial charge in [-0.1, -0.05) is 11.6 Å². The van der Waals surface area contributed by atoms with E-state index in [0.29, 0.717) is 11.6 Å². The molecule has 0 amide bonds. The first-order chi connectivity index (χ1) is 6.42. The Labute approximate surface area is 88.4 Å². The highest BCUT2D eigenvalue weighted by Gasteiger charge is 2.31. The topological polar surface area (TPSA) is 15.3 Å². The highest BCUT2D eigenvalue weighted by molar-refractivity contribution is 5.00. The summed E-state index contributed by atoms with van der Waals surface area (Å²) < 4.78 is 0. The van der Waals surface area contributed by atoms with Crippen molar-refractivity contribution in [2.45, 2.75) is 46.2 Å². The second-order valence-corrected chi connectivity index (χ2v) is 5.28. The van der Waals surface area contributed by atoms with Gasteiger partial charge >= 0.3 is 0 Å². The van der Waals surface area contributed by atoms with E-state index in [9.17, 15) is 0 Å². The average Bonchev–Trinajstić information content (AvgIpc) is 2.07. The van der Waals surface area contributed by atoms with Crippen LogP contribution < -0.4 is 5.32 Å². The molecule has 0 bridgehead atoms. The number of nitrogens with zero attached hydrogens (tertiary/aromatic N) is 1. The van der Waals surface area contributed by atoms with Crippen molar-refractivity contribution in [1.82, 2.24) is 10.2 Å². The maximum absolute atomic E-state index is 3.53. The first kappa shape index (κ1) is 11.7. The van der Waals surface area contributed by atoms with E-state index in [0.717, 1.165) is 19.6 Å². The van der Waals surface area contributed by atoms with Gasteiger partial charge in [-0.25, -0.2) is 0 Å². The zero-order chi connectivity index (χ0) is 10.8. The number of allylic oxidation sites excluding steroid dienone is 1.